The molecule has 1 aliphatic rings. The van der Waals surface area contributed by atoms with E-state index in [0.29, 0.717) is 0 Å². The quantitative estimate of drug-likeness (QED) is 0.842. The average molecular weight is 276 g/mol. The Morgan fingerprint density at radius 3 is 2.58 bits per heavy atom. The van der Waals surface area contributed by atoms with E-state index < -0.39 is 0 Å². The highest BCUT2D eigenvalue weighted by Gasteiger charge is 2.43. The molecule has 0 saturated carbocycles. The van der Waals surface area contributed by atoms with Crippen LogP contribution >= 0.6 is 11.8 Å². The van der Waals surface area contributed by atoms with Crippen LogP contribution < -0.4 is 0 Å². The van der Waals surface area contributed by atoms with Gasteiger partial charge in [0.25, 0.3) is 5.91 Å². The number of thioether (sulfide) groups is 1. The van der Waals surface area contributed by atoms with Gasteiger partial charge in [-0.1, -0.05) is 38.6 Å². The molecule has 2 heterocycles. The molecule has 0 aliphatic carbocycles. The van der Waals surface area contributed by atoms with Crippen molar-refractivity contribution in [1.29, 1.82) is 0 Å². The maximum atomic E-state index is 12.0. The lowest BCUT2D eigenvalue weighted by atomic mass is 9.96. The maximum Gasteiger partial charge on any atom is 0.263 e. The monoisotopic (exact) mass is 276 g/mol. The molecule has 2 rings (SSSR count). The summed E-state index contributed by atoms with van der Waals surface area (Å²) >= 11 is 1.62. The fraction of sp³-hybridized carbons (Fsp3) is 0.533. The van der Waals surface area contributed by atoms with Gasteiger partial charge in [-0.05, 0) is 25.0 Å². The third kappa shape index (κ3) is 2.89. The Balaban J connectivity index is 2.06. The van der Waals surface area contributed by atoms with Crippen LogP contribution in [0.2, 0.25) is 0 Å². The molecule has 0 aromatic carbocycles. The van der Waals surface area contributed by atoms with Crippen LogP contribution in [0.15, 0.2) is 29.4 Å². The van der Waals surface area contributed by atoms with E-state index in [4.69, 9.17) is 0 Å². The van der Waals surface area contributed by atoms with Crippen molar-refractivity contribution in [2.24, 2.45) is 10.9 Å². The van der Waals surface area contributed by atoms with Gasteiger partial charge in [0.2, 0.25) is 0 Å². The Morgan fingerprint density at radius 2 is 2.05 bits per heavy atom. The van der Waals surface area contributed by atoms with Gasteiger partial charge in [-0.2, -0.15) is 0 Å². The zero-order chi connectivity index (χ0) is 14.0. The minimum absolute atomic E-state index is 0.00993. The van der Waals surface area contributed by atoms with E-state index in [0.717, 1.165) is 17.2 Å². The van der Waals surface area contributed by atoms with Crippen LogP contribution in [-0.4, -0.2) is 20.7 Å². The number of hydrogen-bond acceptors (Lipinski definition) is 3. The van der Waals surface area contributed by atoms with Crippen LogP contribution in [0, 0.1) is 5.92 Å². The summed E-state index contributed by atoms with van der Waals surface area (Å²) in [7, 11) is 0. The molecule has 2 atom stereocenters. The van der Waals surface area contributed by atoms with Gasteiger partial charge in [0.1, 0.15) is 4.75 Å². The van der Waals surface area contributed by atoms with Gasteiger partial charge in [-0.25, -0.2) is 4.99 Å². The molecule has 1 amide bonds. The molecule has 0 N–H and O–H groups in total. The Hall–Kier alpha value is -1.16. The van der Waals surface area contributed by atoms with Gasteiger partial charge in [-0.15, -0.1) is 0 Å². The number of pyridine rings is 1. The SMILES string of the molecule is CC(C)[C@@]1(C)SC(C[C@H](C)c2ccccn2)=NC1=O. The summed E-state index contributed by atoms with van der Waals surface area (Å²) in [6, 6.07) is 5.93. The van der Waals surface area contributed by atoms with Crippen molar-refractivity contribution in [3.8, 4) is 0 Å². The van der Waals surface area contributed by atoms with Gasteiger partial charge in [0.15, 0.2) is 0 Å². The Kier molecular flexibility index (Phi) is 4.09. The van der Waals surface area contributed by atoms with Crippen LogP contribution in [0.5, 0.6) is 0 Å². The van der Waals surface area contributed by atoms with Crippen molar-refractivity contribution in [3.63, 3.8) is 0 Å². The maximum absolute atomic E-state index is 12.0. The lowest BCUT2D eigenvalue weighted by molar-refractivity contribution is -0.120. The minimum Gasteiger partial charge on any atom is -0.271 e. The predicted octanol–water partition coefficient (Wildman–Crippen LogP) is 3.66. The summed E-state index contributed by atoms with van der Waals surface area (Å²) < 4.78 is -0.390. The second-order valence-corrected chi connectivity index (χ2v) is 7.06. The molecule has 0 fully saturated rings. The Morgan fingerprint density at radius 1 is 1.32 bits per heavy atom. The summed E-state index contributed by atoms with van der Waals surface area (Å²) in [5.41, 5.74) is 1.05. The van der Waals surface area contributed by atoms with Crippen molar-refractivity contribution in [2.45, 2.75) is 44.8 Å². The molecule has 3 nitrogen and oxygen atoms in total. The first kappa shape index (κ1) is 14.3. The second kappa shape index (κ2) is 5.45. The number of nitrogens with zero attached hydrogens (tertiary/aromatic N) is 2. The van der Waals surface area contributed by atoms with Crippen molar-refractivity contribution in [2.75, 3.05) is 0 Å². The van der Waals surface area contributed by atoms with E-state index in [1.54, 1.807) is 18.0 Å². The summed E-state index contributed by atoms with van der Waals surface area (Å²) in [6.45, 7) is 8.27. The molecule has 1 aromatic rings. The van der Waals surface area contributed by atoms with E-state index in [1.807, 2.05) is 25.1 Å². The average Bonchev–Trinajstić information content (AvgIpc) is 2.67. The van der Waals surface area contributed by atoms with Gasteiger partial charge in [0.05, 0.1) is 5.04 Å². The minimum atomic E-state index is -0.390. The number of rotatable bonds is 4. The largest absolute Gasteiger partial charge is 0.271 e. The zero-order valence-corrected chi connectivity index (χ0v) is 12.7. The van der Waals surface area contributed by atoms with Crippen LogP contribution in [0.4, 0.5) is 0 Å². The van der Waals surface area contributed by atoms with Crippen molar-refractivity contribution < 1.29 is 4.79 Å². The van der Waals surface area contributed by atoms with Crippen molar-refractivity contribution in [3.05, 3.63) is 30.1 Å². The second-order valence-electron chi connectivity index (χ2n) is 5.53. The first-order valence-corrected chi connectivity index (χ1v) is 7.47. The topological polar surface area (TPSA) is 42.3 Å². The van der Waals surface area contributed by atoms with Gasteiger partial charge >= 0.3 is 0 Å². The third-order valence-corrected chi connectivity index (χ3v) is 5.32. The first-order chi connectivity index (χ1) is 8.93. The molecular formula is C15H20N2OS. The molecule has 0 unspecified atom stereocenters. The molecule has 1 aromatic heterocycles. The van der Waals surface area contributed by atoms with E-state index in [-0.39, 0.29) is 22.5 Å². The van der Waals surface area contributed by atoms with Crippen LogP contribution in [0.3, 0.4) is 0 Å². The van der Waals surface area contributed by atoms with E-state index in [1.165, 1.54) is 0 Å². The third-order valence-electron chi connectivity index (χ3n) is 3.76. The lowest BCUT2D eigenvalue weighted by Gasteiger charge is -2.24. The summed E-state index contributed by atoms with van der Waals surface area (Å²) in [6.07, 6.45) is 2.59. The van der Waals surface area contributed by atoms with Crippen molar-refractivity contribution in [1.82, 2.24) is 4.98 Å². The molecular weight excluding hydrogens is 256 g/mol. The molecule has 1 aliphatic heterocycles. The molecule has 0 bridgehead atoms. The van der Waals surface area contributed by atoms with E-state index in [9.17, 15) is 4.79 Å². The fourth-order valence-corrected chi connectivity index (χ4v) is 3.34. The van der Waals surface area contributed by atoms with Crippen LogP contribution in [0.1, 0.15) is 45.7 Å². The van der Waals surface area contributed by atoms with Gasteiger partial charge in [-0.3, -0.25) is 9.78 Å². The van der Waals surface area contributed by atoms with Crippen molar-refractivity contribution >= 4 is 22.7 Å². The molecule has 19 heavy (non-hydrogen) atoms. The molecule has 0 radical (unpaired) electrons. The summed E-state index contributed by atoms with van der Waals surface area (Å²) in [5, 5.41) is 0.944. The smallest absolute Gasteiger partial charge is 0.263 e. The predicted molar refractivity (Wildman–Crippen MR) is 80.5 cm³/mol. The molecule has 4 heteroatoms. The summed E-state index contributed by atoms with van der Waals surface area (Å²) in [5.74, 6) is 0.585. The molecule has 0 saturated heterocycles. The lowest BCUT2D eigenvalue weighted by Crippen LogP contribution is -2.33. The standard InChI is InChI=1S/C15H20N2OS/c1-10(2)15(4)14(18)17-13(19-15)9-11(3)12-7-5-6-8-16-12/h5-8,10-11H,9H2,1-4H3/t11-,15+/m0/s1. The number of amides is 1. The fourth-order valence-electron chi connectivity index (χ4n) is 2.02. The normalized spacial score (nSPS) is 24.7. The molecule has 102 valence electrons. The number of carbonyl (C=O) groups excluding carboxylic acids is 1. The van der Waals surface area contributed by atoms with E-state index in [2.05, 4.69) is 30.7 Å². The highest BCUT2D eigenvalue weighted by Crippen LogP contribution is 2.42. The summed E-state index contributed by atoms with van der Waals surface area (Å²) in [4.78, 5) is 20.6. The van der Waals surface area contributed by atoms with Crippen LogP contribution in [0.25, 0.3) is 0 Å². The van der Waals surface area contributed by atoms with Gasteiger partial charge in [0, 0.05) is 24.2 Å². The number of aliphatic imine (C=N–C) groups is 1. The highest BCUT2D eigenvalue weighted by molar-refractivity contribution is 8.16. The van der Waals surface area contributed by atoms with Gasteiger partial charge < -0.3 is 0 Å². The number of aromatic nitrogens is 1. The molecule has 0 spiro atoms. The van der Waals surface area contributed by atoms with E-state index >= 15 is 0 Å². The first-order valence-electron chi connectivity index (χ1n) is 6.65. The number of hydrogen-bond donors (Lipinski definition) is 0. The Bertz CT molecular complexity index is 498. The zero-order valence-electron chi connectivity index (χ0n) is 11.9. The Labute approximate surface area is 118 Å². The van der Waals surface area contributed by atoms with Crippen LogP contribution in [-0.2, 0) is 4.79 Å². The number of carbonyl (C=O) groups is 1. The highest BCUT2D eigenvalue weighted by atomic mass is 32.2.